The molecule has 0 aliphatic heterocycles. The minimum atomic E-state index is -0.392. The monoisotopic (exact) mass is 402 g/mol. The summed E-state index contributed by atoms with van der Waals surface area (Å²) in [6, 6.07) is 13.0. The van der Waals surface area contributed by atoms with Crippen LogP contribution in [0.3, 0.4) is 0 Å². The van der Waals surface area contributed by atoms with Crippen molar-refractivity contribution in [3.63, 3.8) is 0 Å². The van der Waals surface area contributed by atoms with Crippen LogP contribution in [0.5, 0.6) is 0 Å². The van der Waals surface area contributed by atoms with Gasteiger partial charge in [-0.25, -0.2) is 0 Å². The number of aryl methyl sites for hydroxylation is 2. The molecule has 154 valence electrons. The zero-order valence-corrected chi connectivity index (χ0v) is 18.0. The van der Waals surface area contributed by atoms with E-state index in [1.807, 2.05) is 40.9 Å². The molecule has 0 saturated carbocycles. The van der Waals surface area contributed by atoms with Gasteiger partial charge < -0.3 is 5.32 Å². The van der Waals surface area contributed by atoms with Crippen LogP contribution in [-0.4, -0.2) is 14.7 Å². The molecule has 3 aromatic rings. The van der Waals surface area contributed by atoms with Gasteiger partial charge in [-0.3, -0.25) is 14.8 Å². The van der Waals surface area contributed by atoms with E-state index in [1.165, 1.54) is 11.6 Å². The van der Waals surface area contributed by atoms with Gasteiger partial charge in [0, 0.05) is 48.6 Å². The minimum absolute atomic E-state index is 0.0197. The average Bonchev–Trinajstić information content (AvgIpc) is 3.06. The third-order valence-corrected chi connectivity index (χ3v) is 4.47. The Bertz CT molecular complexity index is 1130. The Morgan fingerprint density at radius 3 is 2.50 bits per heavy atom. The van der Waals surface area contributed by atoms with Crippen LogP contribution in [-0.2, 0) is 13.6 Å². The van der Waals surface area contributed by atoms with Crippen molar-refractivity contribution < 1.29 is 4.92 Å². The molecule has 1 N–H and O–H groups in total. The van der Waals surface area contributed by atoms with E-state index in [2.05, 4.69) is 46.5 Å². The number of aromatic nitrogens is 2. The number of nitrogens with one attached hydrogen (secondary N) is 1. The second-order valence-corrected chi connectivity index (χ2v) is 8.39. The third kappa shape index (κ3) is 5.26. The molecule has 2 aromatic carbocycles. The van der Waals surface area contributed by atoms with Crippen molar-refractivity contribution in [3.05, 3.63) is 75.5 Å². The number of nitrogens with zero attached hydrogens (tertiary/aromatic N) is 3. The fraction of sp³-hybridized carbons (Fsp3) is 0.292. The van der Waals surface area contributed by atoms with Crippen molar-refractivity contribution in [1.29, 1.82) is 0 Å². The largest absolute Gasteiger partial charge is 0.380 e. The Morgan fingerprint density at radius 2 is 1.87 bits per heavy atom. The molecular formula is C24H26N4O2. The molecule has 0 atom stereocenters. The van der Waals surface area contributed by atoms with Crippen molar-refractivity contribution in [2.75, 3.05) is 5.32 Å². The number of nitro benzene ring substituents is 1. The van der Waals surface area contributed by atoms with E-state index in [0.29, 0.717) is 17.8 Å². The standard InChI is InChI=1S/C24H26N4O2/c1-17-6-8-18(9-7-17)15-25-22-11-10-20(28(29)30)14-21(22)23-19(16-27(5)26-23)12-13-24(2,3)4/h6-11,14,16,25H,15H2,1-5H3. The van der Waals surface area contributed by atoms with Crippen molar-refractivity contribution in [2.45, 2.75) is 34.2 Å². The van der Waals surface area contributed by atoms with E-state index in [4.69, 9.17) is 0 Å². The molecule has 0 saturated heterocycles. The van der Waals surface area contributed by atoms with Gasteiger partial charge in [0.05, 0.1) is 10.5 Å². The predicted octanol–water partition coefficient (Wildman–Crippen LogP) is 5.31. The van der Waals surface area contributed by atoms with Crippen LogP contribution >= 0.6 is 0 Å². The predicted molar refractivity (Wildman–Crippen MR) is 120 cm³/mol. The molecule has 0 spiro atoms. The molecule has 0 amide bonds. The van der Waals surface area contributed by atoms with E-state index in [-0.39, 0.29) is 11.1 Å². The Labute approximate surface area is 177 Å². The summed E-state index contributed by atoms with van der Waals surface area (Å²) in [6.07, 6.45) is 1.84. The third-order valence-electron chi connectivity index (χ3n) is 4.47. The lowest BCUT2D eigenvalue weighted by molar-refractivity contribution is -0.384. The normalized spacial score (nSPS) is 11.0. The SMILES string of the molecule is Cc1ccc(CNc2ccc([N+](=O)[O-])cc2-c2nn(C)cc2C#CC(C)(C)C)cc1. The van der Waals surface area contributed by atoms with Crippen LogP contribution in [0.25, 0.3) is 11.3 Å². The lowest BCUT2D eigenvalue weighted by Gasteiger charge is -2.12. The molecule has 6 heteroatoms. The molecule has 3 rings (SSSR count). The number of non-ortho nitro benzene ring substituents is 1. The first kappa shape index (κ1) is 21.1. The van der Waals surface area contributed by atoms with Gasteiger partial charge in [0.2, 0.25) is 0 Å². The van der Waals surface area contributed by atoms with Gasteiger partial charge in [-0.15, -0.1) is 0 Å². The number of nitro groups is 1. The van der Waals surface area contributed by atoms with Crippen LogP contribution in [0.15, 0.2) is 48.7 Å². The molecule has 0 unspecified atom stereocenters. The summed E-state index contributed by atoms with van der Waals surface area (Å²) in [5.74, 6) is 6.42. The van der Waals surface area contributed by atoms with E-state index >= 15 is 0 Å². The number of benzene rings is 2. The Morgan fingerprint density at radius 1 is 1.17 bits per heavy atom. The quantitative estimate of drug-likeness (QED) is 0.356. The highest BCUT2D eigenvalue weighted by Gasteiger charge is 2.18. The molecule has 0 aliphatic rings. The second-order valence-electron chi connectivity index (χ2n) is 8.39. The van der Waals surface area contributed by atoms with Gasteiger partial charge in [-0.05, 0) is 39.3 Å². The topological polar surface area (TPSA) is 73.0 Å². The average molecular weight is 402 g/mol. The summed E-state index contributed by atoms with van der Waals surface area (Å²) in [5, 5.41) is 19.3. The molecule has 0 aliphatic carbocycles. The molecule has 6 nitrogen and oxygen atoms in total. The molecule has 0 fully saturated rings. The van der Waals surface area contributed by atoms with Gasteiger partial charge in [-0.2, -0.15) is 5.10 Å². The number of hydrogen-bond donors (Lipinski definition) is 1. The summed E-state index contributed by atoms with van der Waals surface area (Å²) >= 11 is 0. The molecule has 1 aromatic heterocycles. The fourth-order valence-electron chi connectivity index (χ4n) is 2.93. The van der Waals surface area contributed by atoms with Gasteiger partial charge in [0.1, 0.15) is 5.69 Å². The minimum Gasteiger partial charge on any atom is -0.380 e. The summed E-state index contributed by atoms with van der Waals surface area (Å²) in [7, 11) is 1.82. The van der Waals surface area contributed by atoms with Crippen molar-refractivity contribution >= 4 is 11.4 Å². The molecule has 0 radical (unpaired) electrons. The van der Waals surface area contributed by atoms with Gasteiger partial charge in [-0.1, -0.05) is 41.7 Å². The smallest absolute Gasteiger partial charge is 0.270 e. The summed E-state index contributed by atoms with van der Waals surface area (Å²) < 4.78 is 1.69. The zero-order valence-electron chi connectivity index (χ0n) is 18.0. The number of rotatable bonds is 5. The highest BCUT2D eigenvalue weighted by molar-refractivity contribution is 5.81. The van der Waals surface area contributed by atoms with Crippen LogP contribution in [0, 0.1) is 34.3 Å². The highest BCUT2D eigenvalue weighted by Crippen LogP contribution is 2.33. The molecule has 0 bridgehead atoms. The van der Waals surface area contributed by atoms with Crippen LogP contribution < -0.4 is 5.32 Å². The molecular weight excluding hydrogens is 376 g/mol. The zero-order chi connectivity index (χ0) is 21.9. The maximum atomic E-state index is 11.4. The maximum Gasteiger partial charge on any atom is 0.270 e. The van der Waals surface area contributed by atoms with Crippen molar-refractivity contribution in [3.8, 4) is 23.1 Å². The highest BCUT2D eigenvalue weighted by atomic mass is 16.6. The maximum absolute atomic E-state index is 11.4. The number of anilines is 1. The summed E-state index contributed by atoms with van der Waals surface area (Å²) in [5.41, 5.74) is 4.99. The summed E-state index contributed by atoms with van der Waals surface area (Å²) in [6.45, 7) is 8.77. The first-order chi connectivity index (χ1) is 14.1. The van der Waals surface area contributed by atoms with E-state index in [1.54, 1.807) is 16.8 Å². The van der Waals surface area contributed by atoms with Crippen LogP contribution in [0.4, 0.5) is 11.4 Å². The molecule has 30 heavy (non-hydrogen) atoms. The van der Waals surface area contributed by atoms with Crippen molar-refractivity contribution in [1.82, 2.24) is 9.78 Å². The lowest BCUT2D eigenvalue weighted by atomic mass is 9.97. The van der Waals surface area contributed by atoms with Gasteiger partial charge in [0.25, 0.3) is 5.69 Å². The Hall–Kier alpha value is -3.59. The first-order valence-corrected chi connectivity index (χ1v) is 9.77. The van der Waals surface area contributed by atoms with Crippen LogP contribution in [0.2, 0.25) is 0 Å². The lowest BCUT2D eigenvalue weighted by Crippen LogP contribution is -2.03. The molecule has 1 heterocycles. The van der Waals surface area contributed by atoms with Crippen LogP contribution in [0.1, 0.15) is 37.5 Å². The Balaban J connectivity index is 2.04. The van der Waals surface area contributed by atoms with E-state index < -0.39 is 4.92 Å². The second kappa shape index (κ2) is 8.42. The Kier molecular flexibility index (Phi) is 5.93. The first-order valence-electron chi connectivity index (χ1n) is 9.77. The number of hydrogen-bond acceptors (Lipinski definition) is 4. The van der Waals surface area contributed by atoms with Crippen molar-refractivity contribution in [2.24, 2.45) is 12.5 Å². The van der Waals surface area contributed by atoms with Gasteiger partial charge >= 0.3 is 0 Å². The summed E-state index contributed by atoms with van der Waals surface area (Å²) in [4.78, 5) is 11.0. The van der Waals surface area contributed by atoms with Gasteiger partial charge in [0.15, 0.2) is 0 Å². The van der Waals surface area contributed by atoms with E-state index in [9.17, 15) is 10.1 Å². The van der Waals surface area contributed by atoms with E-state index in [0.717, 1.165) is 16.8 Å². The fourth-order valence-corrected chi connectivity index (χ4v) is 2.93.